The van der Waals surface area contributed by atoms with Crippen LogP contribution in [0.1, 0.15) is 20.3 Å². The average Bonchev–Trinajstić information content (AvgIpc) is 2.75. The second-order valence-corrected chi connectivity index (χ2v) is 5.16. The van der Waals surface area contributed by atoms with Crippen LogP contribution < -0.4 is 0 Å². The quantitative estimate of drug-likeness (QED) is 0.761. The smallest absolute Gasteiger partial charge is 0.323 e. The molecule has 0 aliphatic carbocycles. The van der Waals surface area contributed by atoms with Crippen LogP contribution in [0.4, 0.5) is 4.79 Å². The number of rotatable bonds is 5. The number of amides is 2. The van der Waals surface area contributed by atoms with Crippen LogP contribution in [-0.2, 0) is 9.59 Å². The molecular weight excluding hydrogens is 252 g/mol. The van der Waals surface area contributed by atoms with E-state index in [0.29, 0.717) is 24.9 Å². The number of nitrogens with zero attached hydrogens (tertiary/aromatic N) is 2. The third-order valence-corrected chi connectivity index (χ3v) is 3.36. The molecule has 7 heteroatoms. The Morgan fingerprint density at radius 2 is 1.74 bits per heavy atom. The fourth-order valence-electron chi connectivity index (χ4n) is 2.22. The lowest BCUT2D eigenvalue weighted by Crippen LogP contribution is -2.46. The van der Waals surface area contributed by atoms with E-state index in [-0.39, 0.29) is 0 Å². The van der Waals surface area contributed by atoms with Gasteiger partial charge in [0.15, 0.2) is 0 Å². The summed E-state index contributed by atoms with van der Waals surface area (Å²) in [6.45, 7) is 4.08. The van der Waals surface area contributed by atoms with Gasteiger partial charge in [-0.05, 0) is 18.3 Å². The summed E-state index contributed by atoms with van der Waals surface area (Å²) in [5.74, 6) is -1.59. The maximum absolute atomic E-state index is 12.1. The minimum absolute atomic E-state index is 0.389. The summed E-state index contributed by atoms with van der Waals surface area (Å²) >= 11 is 0. The van der Waals surface area contributed by atoms with Crippen molar-refractivity contribution in [1.82, 2.24) is 9.80 Å². The van der Waals surface area contributed by atoms with E-state index in [2.05, 4.69) is 13.8 Å². The molecule has 1 atom stereocenters. The second kappa shape index (κ2) is 6.40. The first-order chi connectivity index (χ1) is 8.81. The Bertz CT molecular complexity index is 353. The lowest BCUT2D eigenvalue weighted by molar-refractivity contribution is -0.140. The molecule has 0 saturated carbocycles. The Labute approximate surface area is 111 Å². The molecule has 0 aromatic carbocycles. The molecule has 19 heavy (non-hydrogen) atoms. The van der Waals surface area contributed by atoms with Crippen LogP contribution in [0.5, 0.6) is 0 Å². The fraction of sp³-hybridized carbons (Fsp3) is 0.750. The number of carbonyl (C=O) groups excluding carboxylic acids is 1. The maximum atomic E-state index is 12.1. The Balaban J connectivity index is 2.66. The molecule has 0 radical (unpaired) electrons. The van der Waals surface area contributed by atoms with Gasteiger partial charge in [-0.25, -0.2) is 4.79 Å². The van der Waals surface area contributed by atoms with Crippen molar-refractivity contribution in [3.63, 3.8) is 0 Å². The molecule has 1 heterocycles. The Kier molecular flexibility index (Phi) is 5.14. The highest BCUT2D eigenvalue weighted by Gasteiger charge is 2.32. The van der Waals surface area contributed by atoms with Crippen LogP contribution in [0.3, 0.4) is 0 Å². The minimum Gasteiger partial charge on any atom is -0.480 e. The van der Waals surface area contributed by atoms with Crippen LogP contribution >= 0.6 is 0 Å². The predicted molar refractivity (Wildman–Crippen MR) is 66.8 cm³/mol. The molecule has 2 N–H and O–H groups in total. The Morgan fingerprint density at radius 1 is 1.21 bits per heavy atom. The van der Waals surface area contributed by atoms with Gasteiger partial charge in [0, 0.05) is 13.1 Å². The summed E-state index contributed by atoms with van der Waals surface area (Å²) in [7, 11) is 0. The molecule has 0 aromatic heterocycles. The van der Waals surface area contributed by atoms with Crippen molar-refractivity contribution >= 4 is 18.0 Å². The third kappa shape index (κ3) is 4.42. The van der Waals surface area contributed by atoms with E-state index >= 15 is 0 Å². The average molecular weight is 272 g/mol. The first kappa shape index (κ1) is 15.3. The van der Waals surface area contributed by atoms with Gasteiger partial charge < -0.3 is 20.0 Å². The van der Waals surface area contributed by atoms with Crippen molar-refractivity contribution in [2.75, 3.05) is 26.2 Å². The van der Waals surface area contributed by atoms with Crippen LogP contribution in [-0.4, -0.2) is 64.2 Å². The molecule has 1 rings (SSSR count). The number of hydrogen-bond donors (Lipinski definition) is 2. The first-order valence-electron chi connectivity index (χ1n) is 6.28. The standard InChI is InChI=1S/C12H20N2O5/c1-8(2)9-3-4-13(5-9)12(19)14(6-10(15)16)7-11(17)18/h8-9H,3-7H2,1-2H3,(H,15,16)(H,17,18). The summed E-state index contributed by atoms with van der Waals surface area (Å²) in [6, 6.07) is -0.507. The number of carboxylic acid groups (broad SMARTS) is 2. The highest BCUT2D eigenvalue weighted by molar-refractivity contribution is 5.84. The normalized spacial score (nSPS) is 18.7. The lowest BCUT2D eigenvalue weighted by atomic mass is 9.95. The molecule has 1 fully saturated rings. The van der Waals surface area contributed by atoms with Gasteiger partial charge in [-0.2, -0.15) is 0 Å². The third-order valence-electron chi connectivity index (χ3n) is 3.36. The van der Waals surface area contributed by atoms with Crippen molar-refractivity contribution in [2.24, 2.45) is 11.8 Å². The van der Waals surface area contributed by atoms with E-state index in [9.17, 15) is 14.4 Å². The monoisotopic (exact) mass is 272 g/mol. The number of likely N-dealkylation sites (tertiary alicyclic amines) is 1. The summed E-state index contributed by atoms with van der Waals surface area (Å²) < 4.78 is 0. The second-order valence-electron chi connectivity index (χ2n) is 5.16. The van der Waals surface area contributed by atoms with E-state index in [4.69, 9.17) is 10.2 Å². The lowest BCUT2D eigenvalue weighted by Gasteiger charge is -2.26. The zero-order valence-corrected chi connectivity index (χ0v) is 11.2. The van der Waals surface area contributed by atoms with Crippen molar-refractivity contribution < 1.29 is 24.6 Å². The summed E-state index contributed by atoms with van der Waals surface area (Å²) in [4.78, 5) is 35.9. The zero-order chi connectivity index (χ0) is 14.6. The van der Waals surface area contributed by atoms with Gasteiger partial charge in [-0.15, -0.1) is 0 Å². The molecule has 2 amide bonds. The molecule has 1 unspecified atom stereocenters. The maximum Gasteiger partial charge on any atom is 0.323 e. The van der Waals surface area contributed by atoms with Crippen LogP contribution in [0, 0.1) is 11.8 Å². The number of carboxylic acids is 2. The molecule has 1 aliphatic rings. The van der Waals surface area contributed by atoms with E-state index in [1.54, 1.807) is 0 Å². The summed E-state index contributed by atoms with van der Waals surface area (Å²) in [6.07, 6.45) is 0.872. The Hall–Kier alpha value is -1.79. The van der Waals surface area contributed by atoms with Gasteiger partial charge in [0.1, 0.15) is 13.1 Å². The minimum atomic E-state index is -1.21. The first-order valence-corrected chi connectivity index (χ1v) is 6.28. The topological polar surface area (TPSA) is 98.2 Å². The van der Waals surface area contributed by atoms with Gasteiger partial charge in [0.25, 0.3) is 0 Å². The van der Waals surface area contributed by atoms with Crippen molar-refractivity contribution in [3.05, 3.63) is 0 Å². The molecule has 7 nitrogen and oxygen atoms in total. The largest absolute Gasteiger partial charge is 0.480 e. The molecule has 108 valence electrons. The molecule has 0 aromatic rings. The van der Waals surface area contributed by atoms with Crippen molar-refractivity contribution in [1.29, 1.82) is 0 Å². The highest BCUT2D eigenvalue weighted by Crippen LogP contribution is 2.24. The van der Waals surface area contributed by atoms with Crippen LogP contribution in [0.15, 0.2) is 0 Å². The zero-order valence-electron chi connectivity index (χ0n) is 11.2. The van der Waals surface area contributed by atoms with E-state index in [1.807, 2.05) is 0 Å². The van der Waals surface area contributed by atoms with E-state index in [0.717, 1.165) is 11.3 Å². The van der Waals surface area contributed by atoms with Crippen molar-refractivity contribution in [3.8, 4) is 0 Å². The number of hydrogen-bond acceptors (Lipinski definition) is 3. The highest BCUT2D eigenvalue weighted by atomic mass is 16.4. The molecule has 1 aliphatic heterocycles. The van der Waals surface area contributed by atoms with Gasteiger partial charge in [-0.3, -0.25) is 9.59 Å². The SMILES string of the molecule is CC(C)C1CCN(C(=O)N(CC(=O)O)CC(=O)O)C1. The predicted octanol–water partition coefficient (Wildman–Crippen LogP) is 0.556. The van der Waals surface area contributed by atoms with Gasteiger partial charge >= 0.3 is 18.0 Å². The van der Waals surface area contributed by atoms with Gasteiger partial charge in [-0.1, -0.05) is 13.8 Å². The number of aliphatic carboxylic acids is 2. The van der Waals surface area contributed by atoms with E-state index < -0.39 is 31.1 Å². The summed E-state index contributed by atoms with van der Waals surface area (Å²) in [5, 5.41) is 17.4. The van der Waals surface area contributed by atoms with E-state index in [1.165, 1.54) is 4.90 Å². The summed E-state index contributed by atoms with van der Waals surface area (Å²) in [5.41, 5.74) is 0. The van der Waals surface area contributed by atoms with Crippen LogP contribution in [0.2, 0.25) is 0 Å². The molecule has 0 spiro atoms. The van der Waals surface area contributed by atoms with Crippen molar-refractivity contribution in [2.45, 2.75) is 20.3 Å². The number of urea groups is 1. The number of carbonyl (C=O) groups is 3. The van der Waals surface area contributed by atoms with Gasteiger partial charge in [0.05, 0.1) is 0 Å². The molecule has 1 saturated heterocycles. The fourth-order valence-corrected chi connectivity index (χ4v) is 2.22. The molecule has 0 bridgehead atoms. The molecular formula is C12H20N2O5. The van der Waals surface area contributed by atoms with Gasteiger partial charge in [0.2, 0.25) is 0 Å². The Morgan fingerprint density at radius 3 is 2.11 bits per heavy atom. The van der Waals surface area contributed by atoms with Crippen LogP contribution in [0.25, 0.3) is 0 Å².